The van der Waals surface area contributed by atoms with Gasteiger partial charge in [0.25, 0.3) is 0 Å². The third-order valence-electron chi connectivity index (χ3n) is 3.93. The van der Waals surface area contributed by atoms with Crippen LogP contribution in [0, 0.1) is 11.8 Å². The molecule has 0 heterocycles. The first-order valence-electron chi connectivity index (χ1n) is 8.79. The molecule has 0 aliphatic heterocycles. The van der Waals surface area contributed by atoms with Crippen molar-refractivity contribution < 1.29 is 9.53 Å². The molecule has 0 bridgehead atoms. The number of unbranched alkanes of at least 4 members (excludes halogenated alkanes) is 3. The van der Waals surface area contributed by atoms with Gasteiger partial charge in [0, 0.05) is 6.42 Å². The Morgan fingerprint density at radius 1 is 0.950 bits per heavy atom. The molecule has 2 heteroatoms. The van der Waals surface area contributed by atoms with Crippen LogP contribution in [0.1, 0.15) is 91.9 Å². The van der Waals surface area contributed by atoms with Crippen LogP contribution in [0.5, 0.6) is 0 Å². The van der Waals surface area contributed by atoms with E-state index in [-0.39, 0.29) is 5.97 Å². The molecule has 0 amide bonds. The van der Waals surface area contributed by atoms with Crippen molar-refractivity contribution >= 4 is 5.97 Å². The van der Waals surface area contributed by atoms with Gasteiger partial charge in [-0.2, -0.15) is 0 Å². The van der Waals surface area contributed by atoms with Gasteiger partial charge in [-0.05, 0) is 31.1 Å². The highest BCUT2D eigenvalue weighted by molar-refractivity contribution is 5.69. The fourth-order valence-electron chi connectivity index (χ4n) is 2.84. The Kier molecular flexibility index (Phi) is 13.1. The maximum absolute atomic E-state index is 11.7. The third-order valence-corrected chi connectivity index (χ3v) is 3.93. The van der Waals surface area contributed by atoms with Crippen LogP contribution in [0.3, 0.4) is 0 Å². The van der Waals surface area contributed by atoms with Crippen molar-refractivity contribution in [3.05, 3.63) is 0 Å². The molecule has 2 nitrogen and oxygen atoms in total. The molecule has 0 saturated heterocycles. The summed E-state index contributed by atoms with van der Waals surface area (Å²) < 4.78 is 5.48. The smallest absolute Gasteiger partial charge is 0.305 e. The Hall–Kier alpha value is -0.530. The summed E-state index contributed by atoms with van der Waals surface area (Å²) >= 11 is 0. The molecule has 2 atom stereocenters. The van der Waals surface area contributed by atoms with E-state index in [4.69, 9.17) is 4.74 Å². The van der Waals surface area contributed by atoms with E-state index < -0.39 is 0 Å². The summed E-state index contributed by atoms with van der Waals surface area (Å²) in [5.41, 5.74) is 0. The molecule has 0 aliphatic rings. The molecule has 0 aliphatic carbocycles. The predicted octanol–water partition coefficient (Wildman–Crippen LogP) is 5.74. The minimum atomic E-state index is 0.00495. The van der Waals surface area contributed by atoms with Crippen molar-refractivity contribution in [1.82, 2.24) is 0 Å². The first kappa shape index (κ1) is 19.5. The first-order valence-corrected chi connectivity index (χ1v) is 8.79. The van der Waals surface area contributed by atoms with E-state index in [0.29, 0.717) is 18.9 Å². The molecule has 0 N–H and O–H groups in total. The van der Waals surface area contributed by atoms with E-state index >= 15 is 0 Å². The van der Waals surface area contributed by atoms with Crippen LogP contribution in [0.25, 0.3) is 0 Å². The summed E-state index contributed by atoms with van der Waals surface area (Å²) in [7, 11) is 0. The highest BCUT2D eigenvalue weighted by Crippen LogP contribution is 2.21. The van der Waals surface area contributed by atoms with Crippen LogP contribution in [0.15, 0.2) is 0 Å². The molecule has 0 saturated carbocycles. The fraction of sp³-hybridized carbons (Fsp3) is 0.944. The summed E-state index contributed by atoms with van der Waals surface area (Å²) in [5.74, 6) is 1.31. The topological polar surface area (TPSA) is 26.3 Å². The van der Waals surface area contributed by atoms with Gasteiger partial charge in [0.15, 0.2) is 0 Å². The van der Waals surface area contributed by atoms with Crippen molar-refractivity contribution in [2.75, 3.05) is 6.61 Å². The molecule has 0 fully saturated rings. The number of rotatable bonds is 13. The van der Waals surface area contributed by atoms with Crippen LogP contribution >= 0.6 is 0 Å². The highest BCUT2D eigenvalue weighted by Gasteiger charge is 2.14. The van der Waals surface area contributed by atoms with Crippen LogP contribution < -0.4 is 0 Å². The molecule has 0 rings (SSSR count). The van der Waals surface area contributed by atoms with Crippen molar-refractivity contribution in [2.45, 2.75) is 91.9 Å². The third kappa shape index (κ3) is 11.3. The van der Waals surface area contributed by atoms with Gasteiger partial charge in [0.05, 0.1) is 6.61 Å². The molecule has 0 aromatic carbocycles. The van der Waals surface area contributed by atoms with Crippen molar-refractivity contribution in [1.29, 1.82) is 0 Å². The number of esters is 1. The van der Waals surface area contributed by atoms with Crippen molar-refractivity contribution in [3.8, 4) is 0 Å². The lowest BCUT2D eigenvalue weighted by atomic mass is 9.90. The lowest BCUT2D eigenvalue weighted by molar-refractivity contribution is -0.145. The second-order valence-electron chi connectivity index (χ2n) is 6.28. The van der Waals surface area contributed by atoms with Crippen LogP contribution in [0.4, 0.5) is 0 Å². The quantitative estimate of drug-likeness (QED) is 0.318. The van der Waals surface area contributed by atoms with Gasteiger partial charge in [-0.15, -0.1) is 0 Å². The maximum Gasteiger partial charge on any atom is 0.305 e. The zero-order valence-corrected chi connectivity index (χ0v) is 14.2. The number of carbonyl (C=O) groups is 1. The summed E-state index contributed by atoms with van der Waals surface area (Å²) in [6.45, 7) is 9.59. The average Bonchev–Trinajstić information content (AvgIpc) is 2.41. The van der Waals surface area contributed by atoms with E-state index in [9.17, 15) is 4.79 Å². The normalized spacial score (nSPS) is 14.0. The molecule has 0 aromatic rings. The predicted molar refractivity (Wildman–Crippen MR) is 86.8 cm³/mol. The molecule has 120 valence electrons. The molecular weight excluding hydrogens is 248 g/mol. The second-order valence-corrected chi connectivity index (χ2v) is 6.28. The fourth-order valence-corrected chi connectivity index (χ4v) is 2.84. The van der Waals surface area contributed by atoms with E-state index in [1.54, 1.807) is 0 Å². The molecule has 0 aromatic heterocycles. The summed E-state index contributed by atoms with van der Waals surface area (Å²) in [5, 5.41) is 0. The highest BCUT2D eigenvalue weighted by atomic mass is 16.5. The zero-order valence-electron chi connectivity index (χ0n) is 14.2. The molecule has 0 spiro atoms. The number of ether oxygens (including phenoxy) is 1. The van der Waals surface area contributed by atoms with Gasteiger partial charge in [0.2, 0.25) is 0 Å². The standard InChI is InChI=1S/C18H36O2/c1-5-8-9-10-13-18(19)20-15-17(12-7-3)14-16(4)11-6-2/h16-17H,5-15H2,1-4H3. The lowest BCUT2D eigenvalue weighted by Crippen LogP contribution is -2.16. The number of hydrogen-bond donors (Lipinski definition) is 0. The Labute approximate surface area is 126 Å². The van der Waals surface area contributed by atoms with E-state index in [2.05, 4.69) is 27.7 Å². The molecule has 0 radical (unpaired) electrons. The number of carbonyl (C=O) groups excluding carboxylic acids is 1. The molecular formula is C18H36O2. The maximum atomic E-state index is 11.7. The second kappa shape index (κ2) is 13.5. The lowest BCUT2D eigenvalue weighted by Gasteiger charge is -2.20. The number of hydrogen-bond acceptors (Lipinski definition) is 2. The SMILES string of the molecule is CCCCCCC(=O)OCC(CCC)CC(C)CCC. The van der Waals surface area contributed by atoms with Crippen molar-refractivity contribution in [2.24, 2.45) is 11.8 Å². The Morgan fingerprint density at radius 3 is 2.25 bits per heavy atom. The Bertz CT molecular complexity index is 225. The van der Waals surface area contributed by atoms with Gasteiger partial charge in [-0.25, -0.2) is 0 Å². The Morgan fingerprint density at radius 2 is 1.65 bits per heavy atom. The summed E-state index contributed by atoms with van der Waals surface area (Å²) in [6, 6.07) is 0. The van der Waals surface area contributed by atoms with Gasteiger partial charge in [-0.3, -0.25) is 4.79 Å². The minimum Gasteiger partial charge on any atom is -0.465 e. The monoisotopic (exact) mass is 284 g/mol. The average molecular weight is 284 g/mol. The van der Waals surface area contributed by atoms with Crippen molar-refractivity contribution in [3.63, 3.8) is 0 Å². The van der Waals surface area contributed by atoms with Crippen LogP contribution in [-0.2, 0) is 9.53 Å². The van der Waals surface area contributed by atoms with E-state index in [1.165, 1.54) is 44.9 Å². The van der Waals surface area contributed by atoms with Gasteiger partial charge < -0.3 is 4.74 Å². The zero-order chi connectivity index (χ0) is 15.2. The minimum absolute atomic E-state index is 0.00495. The summed E-state index contributed by atoms with van der Waals surface area (Å²) in [6.07, 6.45) is 11.3. The first-order chi connectivity index (χ1) is 9.63. The van der Waals surface area contributed by atoms with E-state index in [0.717, 1.165) is 18.8 Å². The largest absolute Gasteiger partial charge is 0.465 e. The Balaban J connectivity index is 3.85. The molecule has 2 unspecified atom stereocenters. The summed E-state index contributed by atoms with van der Waals surface area (Å²) in [4.78, 5) is 11.7. The van der Waals surface area contributed by atoms with Gasteiger partial charge in [-0.1, -0.05) is 66.2 Å². The van der Waals surface area contributed by atoms with Crippen LogP contribution in [-0.4, -0.2) is 12.6 Å². The van der Waals surface area contributed by atoms with Crippen LogP contribution in [0.2, 0.25) is 0 Å². The van der Waals surface area contributed by atoms with Gasteiger partial charge >= 0.3 is 5.97 Å². The van der Waals surface area contributed by atoms with Gasteiger partial charge in [0.1, 0.15) is 0 Å². The molecule has 20 heavy (non-hydrogen) atoms. The van der Waals surface area contributed by atoms with E-state index in [1.807, 2.05) is 0 Å².